The average molecular weight is 231 g/mol. The summed E-state index contributed by atoms with van der Waals surface area (Å²) in [5, 5.41) is 0. The van der Waals surface area contributed by atoms with E-state index in [0.29, 0.717) is 19.8 Å². The zero-order valence-corrected chi connectivity index (χ0v) is 11.2. The third-order valence-corrected chi connectivity index (χ3v) is 2.05. The lowest BCUT2D eigenvalue weighted by molar-refractivity contribution is -0.144. The number of likely N-dealkylation sites (N-methyl/N-ethyl adjacent to an activating group) is 1. The van der Waals surface area contributed by atoms with Gasteiger partial charge in [-0.15, -0.1) is 0 Å². The maximum absolute atomic E-state index is 11.3. The number of carbonyl (C=O) groups excluding carboxylic acids is 1. The minimum Gasteiger partial charge on any atom is -0.465 e. The van der Waals surface area contributed by atoms with E-state index in [1.54, 1.807) is 0 Å². The summed E-state index contributed by atoms with van der Waals surface area (Å²) < 4.78 is 10.5. The molecule has 4 heteroatoms. The second kappa shape index (κ2) is 7.63. The van der Waals surface area contributed by atoms with Gasteiger partial charge in [-0.3, -0.25) is 9.69 Å². The second-order valence-electron chi connectivity index (χ2n) is 4.63. The van der Waals surface area contributed by atoms with E-state index in [1.165, 1.54) is 0 Å². The van der Waals surface area contributed by atoms with Crippen molar-refractivity contribution in [1.29, 1.82) is 0 Å². The molecule has 16 heavy (non-hydrogen) atoms. The first-order valence-corrected chi connectivity index (χ1v) is 5.91. The summed E-state index contributed by atoms with van der Waals surface area (Å²) in [5.41, 5.74) is -0.122. The lowest BCUT2D eigenvalue weighted by Crippen LogP contribution is -2.35. The van der Waals surface area contributed by atoms with Gasteiger partial charge in [-0.1, -0.05) is 6.92 Å². The van der Waals surface area contributed by atoms with Crippen LogP contribution in [0.5, 0.6) is 0 Å². The van der Waals surface area contributed by atoms with Crippen LogP contribution >= 0.6 is 0 Å². The van der Waals surface area contributed by atoms with Crippen molar-refractivity contribution in [1.82, 2.24) is 4.90 Å². The molecule has 0 unspecified atom stereocenters. The molecule has 0 aliphatic carbocycles. The Kier molecular flexibility index (Phi) is 7.34. The first kappa shape index (κ1) is 15.4. The molecule has 0 aromatic carbocycles. The molecule has 0 N–H and O–H groups in total. The molecule has 0 amide bonds. The fourth-order valence-electron chi connectivity index (χ4n) is 1.22. The Hall–Kier alpha value is -0.610. The maximum Gasteiger partial charge on any atom is 0.320 e. The van der Waals surface area contributed by atoms with E-state index in [-0.39, 0.29) is 11.6 Å². The largest absolute Gasteiger partial charge is 0.465 e. The predicted molar refractivity (Wildman–Crippen MR) is 64.5 cm³/mol. The van der Waals surface area contributed by atoms with E-state index in [4.69, 9.17) is 9.47 Å². The average Bonchev–Trinajstić information content (AvgIpc) is 2.14. The molecule has 0 aromatic heterocycles. The molecule has 96 valence electrons. The van der Waals surface area contributed by atoms with Crippen molar-refractivity contribution in [3.8, 4) is 0 Å². The van der Waals surface area contributed by atoms with Crippen LogP contribution < -0.4 is 0 Å². The smallest absolute Gasteiger partial charge is 0.320 e. The van der Waals surface area contributed by atoms with Gasteiger partial charge in [0.25, 0.3) is 0 Å². The van der Waals surface area contributed by atoms with Crippen molar-refractivity contribution >= 4 is 5.97 Å². The molecule has 0 fully saturated rings. The molecule has 0 aliphatic heterocycles. The molecule has 0 saturated heterocycles. The minimum atomic E-state index is -0.167. The van der Waals surface area contributed by atoms with Gasteiger partial charge < -0.3 is 9.47 Å². The summed E-state index contributed by atoms with van der Waals surface area (Å²) in [7, 11) is 0. The molecular weight excluding hydrogens is 206 g/mol. The molecule has 0 heterocycles. The Labute approximate surface area is 98.9 Å². The van der Waals surface area contributed by atoms with Crippen LogP contribution in [0.1, 0.15) is 34.6 Å². The monoisotopic (exact) mass is 231 g/mol. The van der Waals surface area contributed by atoms with E-state index in [0.717, 1.165) is 13.1 Å². The summed E-state index contributed by atoms with van der Waals surface area (Å²) in [6, 6.07) is 0. The highest BCUT2D eigenvalue weighted by Gasteiger charge is 2.13. The molecular formula is C12H25NO3. The van der Waals surface area contributed by atoms with Gasteiger partial charge in [-0.25, -0.2) is 0 Å². The Bertz CT molecular complexity index is 199. The van der Waals surface area contributed by atoms with Crippen molar-refractivity contribution < 1.29 is 14.3 Å². The number of hydrogen-bond donors (Lipinski definition) is 0. The number of carbonyl (C=O) groups is 1. The standard InChI is InChI=1S/C12H25NO3/c1-6-13(10-11(14)15-7-2)8-9-16-12(3,4)5/h6-10H2,1-5H3. The molecule has 4 nitrogen and oxygen atoms in total. The molecule has 0 spiro atoms. The second-order valence-corrected chi connectivity index (χ2v) is 4.63. The van der Waals surface area contributed by atoms with Gasteiger partial charge in [-0.2, -0.15) is 0 Å². The van der Waals surface area contributed by atoms with Gasteiger partial charge >= 0.3 is 5.97 Å². The SMILES string of the molecule is CCOC(=O)CN(CC)CCOC(C)(C)C. The van der Waals surface area contributed by atoms with Crippen LogP contribution in [0, 0.1) is 0 Å². The van der Waals surface area contributed by atoms with Crippen LogP contribution in [0.15, 0.2) is 0 Å². The fraction of sp³-hybridized carbons (Fsp3) is 0.917. The zero-order valence-electron chi connectivity index (χ0n) is 11.2. The third-order valence-electron chi connectivity index (χ3n) is 2.05. The molecule has 0 radical (unpaired) electrons. The Balaban J connectivity index is 3.79. The zero-order chi connectivity index (χ0) is 12.6. The highest BCUT2D eigenvalue weighted by atomic mass is 16.5. The van der Waals surface area contributed by atoms with Crippen LogP contribution in [0.2, 0.25) is 0 Å². The topological polar surface area (TPSA) is 38.8 Å². The normalized spacial score (nSPS) is 11.9. The Morgan fingerprint density at radius 1 is 1.25 bits per heavy atom. The summed E-state index contributed by atoms with van der Waals surface area (Å²) in [6.07, 6.45) is 0. The van der Waals surface area contributed by atoms with Crippen molar-refractivity contribution in [2.75, 3.05) is 32.8 Å². The molecule has 0 bridgehead atoms. The summed E-state index contributed by atoms with van der Waals surface area (Å²) >= 11 is 0. The van der Waals surface area contributed by atoms with E-state index in [1.807, 2.05) is 39.5 Å². The predicted octanol–water partition coefficient (Wildman–Crippen LogP) is 1.69. The summed E-state index contributed by atoms with van der Waals surface area (Å²) in [4.78, 5) is 13.3. The lowest BCUT2D eigenvalue weighted by Gasteiger charge is -2.23. The van der Waals surface area contributed by atoms with Gasteiger partial charge in [0.2, 0.25) is 0 Å². The molecule has 0 atom stereocenters. The highest BCUT2D eigenvalue weighted by molar-refractivity contribution is 5.71. The van der Waals surface area contributed by atoms with Gasteiger partial charge in [-0.05, 0) is 34.2 Å². The fourth-order valence-corrected chi connectivity index (χ4v) is 1.22. The first-order chi connectivity index (χ1) is 7.39. The Morgan fingerprint density at radius 3 is 2.31 bits per heavy atom. The lowest BCUT2D eigenvalue weighted by atomic mass is 10.2. The van der Waals surface area contributed by atoms with Gasteiger partial charge in [0.05, 0.1) is 25.4 Å². The highest BCUT2D eigenvalue weighted by Crippen LogP contribution is 2.06. The van der Waals surface area contributed by atoms with Crippen molar-refractivity contribution in [3.05, 3.63) is 0 Å². The molecule has 0 saturated carbocycles. The van der Waals surface area contributed by atoms with E-state index < -0.39 is 0 Å². The molecule has 0 aromatic rings. The van der Waals surface area contributed by atoms with Crippen LogP contribution in [-0.4, -0.2) is 49.3 Å². The van der Waals surface area contributed by atoms with Gasteiger partial charge in [0, 0.05) is 6.54 Å². The number of hydrogen-bond acceptors (Lipinski definition) is 4. The Morgan fingerprint density at radius 2 is 1.88 bits per heavy atom. The van der Waals surface area contributed by atoms with Crippen LogP contribution in [0.25, 0.3) is 0 Å². The summed E-state index contributed by atoms with van der Waals surface area (Å²) in [5.74, 6) is -0.167. The molecule has 0 aliphatic rings. The van der Waals surface area contributed by atoms with E-state index in [9.17, 15) is 4.79 Å². The van der Waals surface area contributed by atoms with Gasteiger partial charge in [0.15, 0.2) is 0 Å². The number of ether oxygens (including phenoxy) is 2. The number of esters is 1. The summed E-state index contributed by atoms with van der Waals surface area (Å²) in [6.45, 7) is 12.9. The maximum atomic E-state index is 11.3. The van der Waals surface area contributed by atoms with Gasteiger partial charge in [0.1, 0.15) is 0 Å². The van der Waals surface area contributed by atoms with Crippen molar-refractivity contribution in [2.24, 2.45) is 0 Å². The van der Waals surface area contributed by atoms with E-state index >= 15 is 0 Å². The first-order valence-electron chi connectivity index (χ1n) is 5.91. The van der Waals surface area contributed by atoms with Crippen LogP contribution in [0.3, 0.4) is 0 Å². The van der Waals surface area contributed by atoms with E-state index in [2.05, 4.69) is 0 Å². The third kappa shape index (κ3) is 8.68. The van der Waals surface area contributed by atoms with Crippen molar-refractivity contribution in [2.45, 2.75) is 40.2 Å². The molecule has 0 rings (SSSR count). The minimum absolute atomic E-state index is 0.122. The van der Waals surface area contributed by atoms with Crippen LogP contribution in [-0.2, 0) is 14.3 Å². The van der Waals surface area contributed by atoms with Crippen molar-refractivity contribution in [3.63, 3.8) is 0 Å². The van der Waals surface area contributed by atoms with Crippen LogP contribution in [0.4, 0.5) is 0 Å². The number of nitrogens with zero attached hydrogens (tertiary/aromatic N) is 1. The quantitative estimate of drug-likeness (QED) is 0.625. The number of rotatable bonds is 7.